The van der Waals surface area contributed by atoms with E-state index in [1.807, 2.05) is 31.2 Å². The molecule has 4 nitrogen and oxygen atoms in total. The summed E-state index contributed by atoms with van der Waals surface area (Å²) in [5.74, 6) is 0.0250. The van der Waals surface area contributed by atoms with E-state index in [1.165, 1.54) is 0 Å². The summed E-state index contributed by atoms with van der Waals surface area (Å²) in [5, 5.41) is 4.97. The van der Waals surface area contributed by atoms with Crippen molar-refractivity contribution in [1.29, 1.82) is 0 Å². The van der Waals surface area contributed by atoms with Gasteiger partial charge in [0.25, 0.3) is 0 Å². The summed E-state index contributed by atoms with van der Waals surface area (Å²) >= 11 is 0. The van der Waals surface area contributed by atoms with Gasteiger partial charge in [-0.1, -0.05) is 12.1 Å². The molecule has 0 spiro atoms. The number of nitrogens with two attached hydrogens (primary N) is 1. The fraction of sp³-hybridized carbons (Fsp3) is 0.333. The molecule has 1 unspecified atom stereocenters. The summed E-state index contributed by atoms with van der Waals surface area (Å²) in [6.07, 6.45) is 5.69. The standard InChI is InChI=1S/C15H19N3O/c1-11(16)4-2-7-15(19)18-14-6-3-5-12-8-9-17-10-13(12)14/h3,5-6,8-11H,2,4,7,16H2,1H3,(H,18,19). The Labute approximate surface area is 113 Å². The summed E-state index contributed by atoms with van der Waals surface area (Å²) < 4.78 is 0. The predicted molar refractivity (Wildman–Crippen MR) is 77.9 cm³/mol. The number of pyridine rings is 1. The first-order chi connectivity index (χ1) is 9.16. The Morgan fingerprint density at radius 2 is 2.26 bits per heavy atom. The van der Waals surface area contributed by atoms with Gasteiger partial charge < -0.3 is 11.1 Å². The maximum Gasteiger partial charge on any atom is 0.224 e. The van der Waals surface area contributed by atoms with Gasteiger partial charge in [0.05, 0.1) is 5.69 Å². The lowest BCUT2D eigenvalue weighted by atomic mass is 10.1. The maximum absolute atomic E-state index is 11.9. The Hall–Kier alpha value is -1.94. The third-order valence-electron chi connectivity index (χ3n) is 3.02. The zero-order valence-corrected chi connectivity index (χ0v) is 11.1. The zero-order chi connectivity index (χ0) is 13.7. The number of carbonyl (C=O) groups is 1. The number of hydrogen-bond donors (Lipinski definition) is 2. The number of hydrogen-bond acceptors (Lipinski definition) is 3. The number of carbonyl (C=O) groups excluding carboxylic acids is 1. The number of nitrogens with zero attached hydrogens (tertiary/aromatic N) is 1. The predicted octanol–water partition coefficient (Wildman–Crippen LogP) is 2.69. The van der Waals surface area contributed by atoms with E-state index in [9.17, 15) is 4.79 Å². The fourth-order valence-electron chi connectivity index (χ4n) is 2.02. The summed E-state index contributed by atoms with van der Waals surface area (Å²) in [5.41, 5.74) is 6.48. The first-order valence-corrected chi connectivity index (χ1v) is 6.55. The van der Waals surface area contributed by atoms with Crippen LogP contribution in [-0.4, -0.2) is 16.9 Å². The number of amides is 1. The van der Waals surface area contributed by atoms with Gasteiger partial charge in [-0.05, 0) is 37.3 Å². The molecular formula is C15H19N3O. The molecule has 3 N–H and O–H groups in total. The molecule has 0 aliphatic carbocycles. The fourth-order valence-corrected chi connectivity index (χ4v) is 2.02. The number of aromatic nitrogens is 1. The molecule has 2 aromatic rings. The van der Waals surface area contributed by atoms with E-state index in [4.69, 9.17) is 5.73 Å². The number of nitrogens with one attached hydrogen (secondary N) is 1. The highest BCUT2D eigenvalue weighted by Gasteiger charge is 2.06. The molecule has 1 aromatic heterocycles. The average molecular weight is 257 g/mol. The van der Waals surface area contributed by atoms with Gasteiger partial charge in [-0.2, -0.15) is 0 Å². The lowest BCUT2D eigenvalue weighted by Crippen LogP contribution is -2.16. The Balaban J connectivity index is 2.03. The molecule has 0 saturated heterocycles. The van der Waals surface area contributed by atoms with Crippen molar-refractivity contribution in [1.82, 2.24) is 4.98 Å². The van der Waals surface area contributed by atoms with Crippen LogP contribution in [0.2, 0.25) is 0 Å². The van der Waals surface area contributed by atoms with Crippen molar-refractivity contribution < 1.29 is 4.79 Å². The third-order valence-corrected chi connectivity index (χ3v) is 3.02. The number of fused-ring (bicyclic) bond motifs is 1. The molecular weight excluding hydrogens is 238 g/mol. The van der Waals surface area contributed by atoms with Gasteiger partial charge in [0, 0.05) is 30.2 Å². The second-order valence-corrected chi connectivity index (χ2v) is 4.82. The molecule has 1 amide bonds. The second kappa shape index (κ2) is 6.29. The minimum atomic E-state index is 0.0250. The van der Waals surface area contributed by atoms with E-state index in [2.05, 4.69) is 10.3 Å². The molecule has 0 fully saturated rings. The molecule has 0 aliphatic heterocycles. The van der Waals surface area contributed by atoms with E-state index < -0.39 is 0 Å². The third kappa shape index (κ3) is 3.76. The van der Waals surface area contributed by atoms with Crippen molar-refractivity contribution in [3.63, 3.8) is 0 Å². The number of rotatable bonds is 5. The van der Waals surface area contributed by atoms with Crippen LogP contribution >= 0.6 is 0 Å². The van der Waals surface area contributed by atoms with Gasteiger partial charge in [-0.3, -0.25) is 9.78 Å². The van der Waals surface area contributed by atoms with Crippen molar-refractivity contribution >= 4 is 22.4 Å². The Morgan fingerprint density at radius 3 is 3.05 bits per heavy atom. The van der Waals surface area contributed by atoms with Gasteiger partial charge in [-0.15, -0.1) is 0 Å². The Bertz CT molecular complexity index is 561. The van der Waals surface area contributed by atoms with Crippen LogP contribution in [-0.2, 0) is 4.79 Å². The van der Waals surface area contributed by atoms with Gasteiger partial charge in [0.1, 0.15) is 0 Å². The molecule has 0 bridgehead atoms. The van der Waals surface area contributed by atoms with Crippen LogP contribution in [0.15, 0.2) is 36.7 Å². The molecule has 0 aliphatic rings. The van der Waals surface area contributed by atoms with Crippen molar-refractivity contribution in [3.8, 4) is 0 Å². The molecule has 0 saturated carbocycles. The quantitative estimate of drug-likeness (QED) is 0.865. The van der Waals surface area contributed by atoms with E-state index >= 15 is 0 Å². The highest BCUT2D eigenvalue weighted by Crippen LogP contribution is 2.22. The highest BCUT2D eigenvalue weighted by atomic mass is 16.1. The molecule has 1 heterocycles. The monoisotopic (exact) mass is 257 g/mol. The molecule has 4 heteroatoms. The lowest BCUT2D eigenvalue weighted by Gasteiger charge is -2.09. The van der Waals surface area contributed by atoms with Gasteiger partial charge in [0.15, 0.2) is 0 Å². The normalized spacial score (nSPS) is 12.3. The summed E-state index contributed by atoms with van der Waals surface area (Å²) in [7, 11) is 0. The SMILES string of the molecule is CC(N)CCCC(=O)Nc1cccc2ccncc12. The van der Waals surface area contributed by atoms with Gasteiger partial charge >= 0.3 is 0 Å². The lowest BCUT2D eigenvalue weighted by molar-refractivity contribution is -0.116. The molecule has 0 radical (unpaired) electrons. The minimum absolute atomic E-state index is 0.0250. The zero-order valence-electron chi connectivity index (χ0n) is 11.1. The first-order valence-electron chi connectivity index (χ1n) is 6.55. The molecule has 100 valence electrons. The van der Waals surface area contributed by atoms with Crippen LogP contribution in [0.25, 0.3) is 10.8 Å². The Kier molecular flexibility index (Phi) is 4.47. The van der Waals surface area contributed by atoms with E-state index in [0.717, 1.165) is 29.3 Å². The summed E-state index contributed by atoms with van der Waals surface area (Å²) in [6.45, 7) is 1.95. The van der Waals surface area contributed by atoms with Crippen LogP contribution in [0, 0.1) is 0 Å². The van der Waals surface area contributed by atoms with Crippen molar-refractivity contribution in [3.05, 3.63) is 36.7 Å². The summed E-state index contributed by atoms with van der Waals surface area (Å²) in [6, 6.07) is 7.91. The topological polar surface area (TPSA) is 68.0 Å². The molecule has 1 aromatic carbocycles. The number of benzene rings is 1. The van der Waals surface area contributed by atoms with Crippen LogP contribution < -0.4 is 11.1 Å². The summed E-state index contributed by atoms with van der Waals surface area (Å²) in [4.78, 5) is 16.0. The largest absolute Gasteiger partial charge is 0.328 e. The molecule has 2 rings (SSSR count). The van der Waals surface area contributed by atoms with Gasteiger partial charge in [-0.25, -0.2) is 0 Å². The molecule has 1 atom stereocenters. The van der Waals surface area contributed by atoms with E-state index in [-0.39, 0.29) is 11.9 Å². The first kappa shape index (κ1) is 13.5. The van der Waals surface area contributed by atoms with Crippen molar-refractivity contribution in [2.45, 2.75) is 32.2 Å². The van der Waals surface area contributed by atoms with E-state index in [0.29, 0.717) is 6.42 Å². The minimum Gasteiger partial charge on any atom is -0.328 e. The van der Waals surface area contributed by atoms with E-state index in [1.54, 1.807) is 12.4 Å². The molecule has 19 heavy (non-hydrogen) atoms. The van der Waals surface area contributed by atoms with Crippen molar-refractivity contribution in [2.24, 2.45) is 5.73 Å². The Morgan fingerprint density at radius 1 is 1.42 bits per heavy atom. The van der Waals surface area contributed by atoms with Crippen LogP contribution in [0.1, 0.15) is 26.2 Å². The van der Waals surface area contributed by atoms with Crippen molar-refractivity contribution in [2.75, 3.05) is 5.32 Å². The number of anilines is 1. The smallest absolute Gasteiger partial charge is 0.224 e. The van der Waals surface area contributed by atoms with Gasteiger partial charge in [0.2, 0.25) is 5.91 Å². The second-order valence-electron chi connectivity index (χ2n) is 4.82. The highest BCUT2D eigenvalue weighted by molar-refractivity contribution is 6.01. The van der Waals surface area contributed by atoms with Crippen LogP contribution in [0.5, 0.6) is 0 Å². The van der Waals surface area contributed by atoms with Crippen LogP contribution in [0.4, 0.5) is 5.69 Å². The maximum atomic E-state index is 11.9. The van der Waals surface area contributed by atoms with Crippen LogP contribution in [0.3, 0.4) is 0 Å². The average Bonchev–Trinajstić information content (AvgIpc) is 2.39.